The van der Waals surface area contributed by atoms with E-state index in [4.69, 9.17) is 4.74 Å². The van der Waals surface area contributed by atoms with Crippen molar-refractivity contribution in [3.8, 4) is 11.5 Å². The summed E-state index contributed by atoms with van der Waals surface area (Å²) in [5.74, 6) is 1.85. The van der Waals surface area contributed by atoms with Gasteiger partial charge in [-0.1, -0.05) is 60.7 Å². The molecule has 0 saturated heterocycles. The number of ether oxygens (including phenoxy) is 1. The average Bonchev–Trinajstić information content (AvgIpc) is 2.61. The van der Waals surface area contributed by atoms with E-state index in [1.807, 2.05) is 0 Å². The van der Waals surface area contributed by atoms with Crippen LogP contribution in [0.25, 0.3) is 21.5 Å². The Morgan fingerprint density at radius 2 is 1.35 bits per heavy atom. The fourth-order valence-electron chi connectivity index (χ4n) is 3.50. The fraction of sp³-hybridized carbons (Fsp3) is 0.0476. The maximum absolute atomic E-state index is 6.33. The molecule has 5 rings (SSSR count). The van der Waals surface area contributed by atoms with E-state index in [-0.39, 0.29) is 0 Å². The molecule has 1 aliphatic heterocycles. The Kier molecular flexibility index (Phi) is 2.45. The van der Waals surface area contributed by atoms with Crippen LogP contribution >= 0.6 is 0 Å². The second kappa shape index (κ2) is 4.50. The third kappa shape index (κ3) is 1.69. The van der Waals surface area contributed by atoms with Crippen LogP contribution < -0.4 is 9.64 Å². The van der Waals surface area contributed by atoms with Crippen molar-refractivity contribution in [1.29, 1.82) is 0 Å². The minimum absolute atomic E-state index is 0.912. The van der Waals surface area contributed by atoms with Crippen molar-refractivity contribution < 1.29 is 4.74 Å². The molecule has 4 aromatic rings. The van der Waals surface area contributed by atoms with Gasteiger partial charge in [0.15, 0.2) is 11.5 Å². The molecule has 0 fully saturated rings. The monoisotopic (exact) mass is 297 g/mol. The SMILES string of the molecule is CN1c2ccc3ccccc3c2Oc2ccc3ccccc3c21. The molecule has 0 N–H and O–H groups in total. The number of hydrogen-bond acceptors (Lipinski definition) is 2. The van der Waals surface area contributed by atoms with E-state index in [9.17, 15) is 0 Å². The molecular weight excluding hydrogens is 282 g/mol. The van der Waals surface area contributed by atoms with E-state index in [0.29, 0.717) is 0 Å². The van der Waals surface area contributed by atoms with E-state index in [0.717, 1.165) is 28.3 Å². The Morgan fingerprint density at radius 1 is 0.696 bits per heavy atom. The minimum atomic E-state index is 0.912. The van der Waals surface area contributed by atoms with Crippen LogP contribution in [-0.2, 0) is 0 Å². The molecule has 0 radical (unpaired) electrons. The quantitative estimate of drug-likeness (QED) is 0.402. The van der Waals surface area contributed by atoms with Gasteiger partial charge in [-0.25, -0.2) is 0 Å². The van der Waals surface area contributed by atoms with Crippen LogP contribution in [0.5, 0.6) is 11.5 Å². The van der Waals surface area contributed by atoms with Gasteiger partial charge in [0.2, 0.25) is 0 Å². The zero-order valence-corrected chi connectivity index (χ0v) is 12.8. The molecule has 0 aromatic heterocycles. The summed E-state index contributed by atoms with van der Waals surface area (Å²) in [5, 5.41) is 4.79. The van der Waals surface area contributed by atoms with E-state index >= 15 is 0 Å². The molecule has 1 aliphatic rings. The molecule has 110 valence electrons. The lowest BCUT2D eigenvalue weighted by atomic mass is 10.0. The topological polar surface area (TPSA) is 12.5 Å². The molecule has 2 nitrogen and oxygen atoms in total. The van der Waals surface area contributed by atoms with Gasteiger partial charge in [-0.05, 0) is 22.9 Å². The van der Waals surface area contributed by atoms with Gasteiger partial charge in [0, 0.05) is 17.8 Å². The van der Waals surface area contributed by atoms with E-state index < -0.39 is 0 Å². The van der Waals surface area contributed by atoms with Gasteiger partial charge in [0.25, 0.3) is 0 Å². The van der Waals surface area contributed by atoms with Gasteiger partial charge in [-0.2, -0.15) is 0 Å². The lowest BCUT2D eigenvalue weighted by Crippen LogP contribution is -2.16. The average molecular weight is 297 g/mol. The predicted molar refractivity (Wildman–Crippen MR) is 96.0 cm³/mol. The molecule has 0 atom stereocenters. The number of anilines is 2. The third-order valence-electron chi connectivity index (χ3n) is 4.63. The minimum Gasteiger partial charge on any atom is -0.452 e. The third-order valence-corrected chi connectivity index (χ3v) is 4.63. The molecule has 0 bridgehead atoms. The standard InChI is InChI=1S/C21H15NO/c1-22-18-12-10-15-7-3-5-9-17(15)21(18)23-19-13-11-14-6-2-4-8-16(14)20(19)22/h2-13H,1H3. The molecule has 2 heteroatoms. The molecule has 0 spiro atoms. The Labute approximate surface area is 134 Å². The van der Waals surface area contributed by atoms with Crippen LogP contribution in [0, 0.1) is 0 Å². The van der Waals surface area contributed by atoms with Crippen LogP contribution in [0.3, 0.4) is 0 Å². The number of fused-ring (bicyclic) bond motifs is 6. The highest BCUT2D eigenvalue weighted by Gasteiger charge is 2.25. The van der Waals surface area contributed by atoms with Crippen molar-refractivity contribution in [2.24, 2.45) is 0 Å². The highest BCUT2D eigenvalue weighted by molar-refractivity contribution is 6.04. The van der Waals surface area contributed by atoms with Crippen molar-refractivity contribution in [2.75, 3.05) is 11.9 Å². The van der Waals surface area contributed by atoms with E-state index in [1.165, 1.54) is 16.2 Å². The first-order valence-electron chi connectivity index (χ1n) is 7.78. The second-order valence-electron chi connectivity index (χ2n) is 5.93. The van der Waals surface area contributed by atoms with Crippen LogP contribution in [0.15, 0.2) is 72.8 Å². The van der Waals surface area contributed by atoms with Gasteiger partial charge in [-0.15, -0.1) is 0 Å². The van der Waals surface area contributed by atoms with Crippen LogP contribution in [0.1, 0.15) is 0 Å². The molecule has 0 unspecified atom stereocenters. The Bertz CT molecular complexity index is 1070. The summed E-state index contributed by atoms with van der Waals surface area (Å²) in [6.45, 7) is 0. The summed E-state index contributed by atoms with van der Waals surface area (Å²) in [5.41, 5.74) is 2.23. The second-order valence-corrected chi connectivity index (χ2v) is 5.93. The molecule has 0 amide bonds. The summed E-state index contributed by atoms with van der Waals surface area (Å²) in [4.78, 5) is 2.24. The molecule has 23 heavy (non-hydrogen) atoms. The van der Waals surface area contributed by atoms with Crippen molar-refractivity contribution in [3.05, 3.63) is 72.8 Å². The van der Waals surface area contributed by atoms with Crippen molar-refractivity contribution in [2.45, 2.75) is 0 Å². The number of nitrogens with zero attached hydrogens (tertiary/aromatic N) is 1. The predicted octanol–water partition coefficient (Wildman–Crippen LogP) is 5.87. The summed E-state index contributed by atoms with van der Waals surface area (Å²) < 4.78 is 6.33. The smallest absolute Gasteiger partial charge is 0.158 e. The van der Waals surface area contributed by atoms with Gasteiger partial charge in [0.1, 0.15) is 0 Å². The number of rotatable bonds is 0. The fourth-order valence-corrected chi connectivity index (χ4v) is 3.50. The van der Waals surface area contributed by atoms with Crippen LogP contribution in [-0.4, -0.2) is 7.05 Å². The maximum Gasteiger partial charge on any atom is 0.158 e. The summed E-state index contributed by atoms with van der Waals surface area (Å²) in [7, 11) is 2.11. The van der Waals surface area contributed by atoms with E-state index in [1.54, 1.807) is 0 Å². The Morgan fingerprint density at radius 3 is 2.17 bits per heavy atom. The van der Waals surface area contributed by atoms with Crippen molar-refractivity contribution >= 4 is 32.9 Å². The zero-order valence-electron chi connectivity index (χ0n) is 12.8. The van der Waals surface area contributed by atoms with E-state index in [2.05, 4.69) is 84.7 Å². The first-order valence-corrected chi connectivity index (χ1v) is 7.78. The Balaban J connectivity index is 1.83. The Hall–Kier alpha value is -3.00. The lowest BCUT2D eigenvalue weighted by molar-refractivity contribution is 0.482. The number of hydrogen-bond donors (Lipinski definition) is 0. The van der Waals surface area contributed by atoms with Crippen LogP contribution in [0.4, 0.5) is 11.4 Å². The molecule has 0 saturated carbocycles. The summed E-state index contributed by atoms with van der Waals surface area (Å²) in [6, 6.07) is 25.3. The normalized spacial score (nSPS) is 12.8. The van der Waals surface area contributed by atoms with Crippen molar-refractivity contribution in [3.63, 3.8) is 0 Å². The van der Waals surface area contributed by atoms with Gasteiger partial charge in [-0.3, -0.25) is 0 Å². The molecule has 1 heterocycles. The number of benzene rings is 4. The van der Waals surface area contributed by atoms with Crippen molar-refractivity contribution in [1.82, 2.24) is 0 Å². The molecule has 0 aliphatic carbocycles. The first-order chi connectivity index (χ1) is 11.3. The van der Waals surface area contributed by atoms with Gasteiger partial charge >= 0.3 is 0 Å². The molecule has 4 aromatic carbocycles. The lowest BCUT2D eigenvalue weighted by Gasteiger charge is -2.31. The highest BCUT2D eigenvalue weighted by Crippen LogP contribution is 2.51. The largest absolute Gasteiger partial charge is 0.452 e. The van der Waals surface area contributed by atoms with Gasteiger partial charge < -0.3 is 9.64 Å². The molecular formula is C21H15NO. The van der Waals surface area contributed by atoms with Crippen LogP contribution in [0.2, 0.25) is 0 Å². The first kappa shape index (κ1) is 12.5. The summed E-state index contributed by atoms with van der Waals surface area (Å²) >= 11 is 0. The summed E-state index contributed by atoms with van der Waals surface area (Å²) in [6.07, 6.45) is 0. The maximum atomic E-state index is 6.33. The highest BCUT2D eigenvalue weighted by atomic mass is 16.5. The van der Waals surface area contributed by atoms with Gasteiger partial charge in [0.05, 0.1) is 11.4 Å². The zero-order chi connectivity index (χ0) is 15.4.